The van der Waals surface area contributed by atoms with Crippen LogP contribution in [0.25, 0.3) is 17.0 Å². The van der Waals surface area contributed by atoms with Crippen molar-refractivity contribution in [3.8, 4) is 11.3 Å². The van der Waals surface area contributed by atoms with Crippen LogP contribution >= 0.6 is 15.9 Å². The van der Waals surface area contributed by atoms with Gasteiger partial charge < -0.3 is 0 Å². The van der Waals surface area contributed by atoms with Crippen LogP contribution in [0.2, 0.25) is 0 Å². The maximum atomic E-state index is 4.46. The van der Waals surface area contributed by atoms with E-state index in [1.54, 1.807) is 6.20 Å². The summed E-state index contributed by atoms with van der Waals surface area (Å²) in [6.45, 7) is 0. The van der Waals surface area contributed by atoms with Gasteiger partial charge in [0.15, 0.2) is 0 Å². The van der Waals surface area contributed by atoms with Gasteiger partial charge in [-0.25, -0.2) is 9.97 Å². The van der Waals surface area contributed by atoms with Gasteiger partial charge in [0.25, 0.3) is 0 Å². The molecule has 16 heavy (non-hydrogen) atoms. The maximum absolute atomic E-state index is 4.46. The molecule has 2 heterocycles. The number of fused-ring (bicyclic) bond motifs is 1. The highest BCUT2D eigenvalue weighted by Crippen LogP contribution is 2.21. The van der Waals surface area contributed by atoms with Crippen molar-refractivity contribution in [2.75, 3.05) is 0 Å². The lowest BCUT2D eigenvalue weighted by Crippen LogP contribution is -1.82. The molecule has 0 atom stereocenters. The average molecular weight is 274 g/mol. The molecule has 0 fully saturated rings. The standard InChI is InChI=1S/C12H8BrN3/c13-10-4-1-3-9(7-10)11-8-16-6-2-5-14-12(16)15-11/h1-8H. The minimum atomic E-state index is 0.720. The second-order valence-electron chi connectivity index (χ2n) is 3.46. The molecule has 0 saturated heterocycles. The third-order valence-corrected chi connectivity index (χ3v) is 2.85. The predicted octanol–water partition coefficient (Wildman–Crippen LogP) is 3.16. The lowest BCUT2D eigenvalue weighted by atomic mass is 10.2. The molecular formula is C12H8BrN3. The average Bonchev–Trinajstić information content (AvgIpc) is 2.72. The summed E-state index contributed by atoms with van der Waals surface area (Å²) >= 11 is 3.45. The molecule has 2 aromatic heterocycles. The van der Waals surface area contributed by atoms with Gasteiger partial charge in [-0.15, -0.1) is 0 Å². The number of benzene rings is 1. The Balaban J connectivity index is 2.19. The highest BCUT2D eigenvalue weighted by atomic mass is 79.9. The van der Waals surface area contributed by atoms with E-state index in [1.807, 2.05) is 47.1 Å². The summed E-state index contributed by atoms with van der Waals surface area (Å²) in [6, 6.07) is 9.96. The van der Waals surface area contributed by atoms with Gasteiger partial charge in [0.2, 0.25) is 5.78 Å². The van der Waals surface area contributed by atoms with E-state index >= 15 is 0 Å². The Morgan fingerprint density at radius 3 is 2.94 bits per heavy atom. The van der Waals surface area contributed by atoms with Gasteiger partial charge in [-0.3, -0.25) is 4.40 Å². The van der Waals surface area contributed by atoms with Crippen molar-refractivity contribution in [3.05, 3.63) is 53.4 Å². The number of nitrogens with zero attached hydrogens (tertiary/aromatic N) is 3. The Morgan fingerprint density at radius 1 is 1.19 bits per heavy atom. The number of hydrogen-bond donors (Lipinski definition) is 0. The first-order valence-corrected chi connectivity index (χ1v) is 5.68. The molecule has 0 aliphatic rings. The van der Waals surface area contributed by atoms with E-state index < -0.39 is 0 Å². The fourth-order valence-corrected chi connectivity index (χ4v) is 2.02. The lowest BCUT2D eigenvalue weighted by molar-refractivity contribution is 1.11. The maximum Gasteiger partial charge on any atom is 0.234 e. The molecule has 0 unspecified atom stereocenters. The van der Waals surface area contributed by atoms with E-state index in [2.05, 4.69) is 25.9 Å². The smallest absolute Gasteiger partial charge is 0.234 e. The van der Waals surface area contributed by atoms with Gasteiger partial charge in [-0.05, 0) is 18.2 Å². The van der Waals surface area contributed by atoms with Crippen molar-refractivity contribution >= 4 is 21.7 Å². The molecule has 0 N–H and O–H groups in total. The van der Waals surface area contributed by atoms with E-state index in [4.69, 9.17) is 0 Å². The van der Waals surface area contributed by atoms with Crippen LogP contribution in [0.5, 0.6) is 0 Å². The van der Waals surface area contributed by atoms with Gasteiger partial charge >= 0.3 is 0 Å². The summed E-state index contributed by atoms with van der Waals surface area (Å²) in [5.74, 6) is 0.720. The number of imidazole rings is 1. The van der Waals surface area contributed by atoms with Crippen molar-refractivity contribution in [1.82, 2.24) is 14.4 Å². The molecule has 3 nitrogen and oxygen atoms in total. The largest absolute Gasteiger partial charge is 0.291 e. The van der Waals surface area contributed by atoms with Crippen LogP contribution in [0.1, 0.15) is 0 Å². The molecule has 0 saturated carbocycles. The zero-order chi connectivity index (χ0) is 11.0. The van der Waals surface area contributed by atoms with Gasteiger partial charge in [0, 0.05) is 28.6 Å². The first-order valence-electron chi connectivity index (χ1n) is 4.88. The molecule has 3 aromatic rings. The number of halogens is 1. The van der Waals surface area contributed by atoms with Crippen LogP contribution in [0.3, 0.4) is 0 Å². The van der Waals surface area contributed by atoms with Gasteiger partial charge in [-0.2, -0.15) is 0 Å². The van der Waals surface area contributed by atoms with E-state index in [9.17, 15) is 0 Å². The molecule has 0 radical (unpaired) electrons. The number of rotatable bonds is 1. The Bertz CT molecular complexity index is 612. The van der Waals surface area contributed by atoms with E-state index in [1.165, 1.54) is 0 Å². The fourth-order valence-electron chi connectivity index (χ4n) is 1.62. The van der Waals surface area contributed by atoms with Gasteiger partial charge in [0.05, 0.1) is 5.69 Å². The summed E-state index contributed by atoms with van der Waals surface area (Å²) in [5.41, 5.74) is 2.01. The van der Waals surface area contributed by atoms with E-state index in [-0.39, 0.29) is 0 Å². The minimum Gasteiger partial charge on any atom is -0.291 e. The Hall–Kier alpha value is -1.68. The molecule has 0 aliphatic carbocycles. The normalized spacial score (nSPS) is 10.8. The summed E-state index contributed by atoms with van der Waals surface area (Å²) in [4.78, 5) is 8.65. The van der Waals surface area contributed by atoms with Crippen LogP contribution in [0, 0.1) is 0 Å². The predicted molar refractivity (Wildman–Crippen MR) is 66.1 cm³/mol. The zero-order valence-corrected chi connectivity index (χ0v) is 9.92. The van der Waals surface area contributed by atoms with Crippen LogP contribution in [-0.2, 0) is 0 Å². The van der Waals surface area contributed by atoms with Crippen molar-refractivity contribution < 1.29 is 0 Å². The third-order valence-electron chi connectivity index (χ3n) is 2.36. The summed E-state index contributed by atoms with van der Waals surface area (Å²) in [5, 5.41) is 0. The molecular weight excluding hydrogens is 266 g/mol. The summed E-state index contributed by atoms with van der Waals surface area (Å²) in [6.07, 6.45) is 5.66. The van der Waals surface area contributed by atoms with E-state index in [0.717, 1.165) is 21.5 Å². The van der Waals surface area contributed by atoms with Crippen LogP contribution in [0.4, 0.5) is 0 Å². The highest BCUT2D eigenvalue weighted by Gasteiger charge is 2.04. The van der Waals surface area contributed by atoms with Crippen molar-refractivity contribution in [3.63, 3.8) is 0 Å². The quantitative estimate of drug-likeness (QED) is 0.682. The lowest BCUT2D eigenvalue weighted by Gasteiger charge is -1.95. The Morgan fingerprint density at radius 2 is 2.12 bits per heavy atom. The molecule has 0 bridgehead atoms. The van der Waals surface area contributed by atoms with Crippen molar-refractivity contribution in [2.24, 2.45) is 0 Å². The molecule has 1 aromatic carbocycles. The zero-order valence-electron chi connectivity index (χ0n) is 8.34. The molecule has 4 heteroatoms. The summed E-state index contributed by atoms with van der Waals surface area (Å²) in [7, 11) is 0. The molecule has 0 amide bonds. The first-order chi connectivity index (χ1) is 7.83. The summed E-state index contributed by atoms with van der Waals surface area (Å²) < 4.78 is 2.96. The molecule has 0 aliphatic heterocycles. The SMILES string of the molecule is Brc1cccc(-c2cn3cccnc3n2)c1. The Labute approximate surface area is 101 Å². The fraction of sp³-hybridized carbons (Fsp3) is 0. The molecule has 78 valence electrons. The number of aromatic nitrogens is 3. The second kappa shape index (κ2) is 3.72. The highest BCUT2D eigenvalue weighted by molar-refractivity contribution is 9.10. The van der Waals surface area contributed by atoms with Gasteiger partial charge in [-0.1, -0.05) is 28.1 Å². The monoisotopic (exact) mass is 273 g/mol. The number of hydrogen-bond acceptors (Lipinski definition) is 2. The molecule has 0 spiro atoms. The second-order valence-corrected chi connectivity index (χ2v) is 4.38. The van der Waals surface area contributed by atoms with E-state index in [0.29, 0.717) is 0 Å². The minimum absolute atomic E-state index is 0.720. The van der Waals surface area contributed by atoms with Crippen LogP contribution in [-0.4, -0.2) is 14.4 Å². The topological polar surface area (TPSA) is 30.2 Å². The van der Waals surface area contributed by atoms with Crippen molar-refractivity contribution in [1.29, 1.82) is 0 Å². The van der Waals surface area contributed by atoms with Crippen LogP contribution in [0.15, 0.2) is 53.4 Å². The molecule has 3 rings (SSSR count). The first kappa shape index (κ1) is 9.54. The van der Waals surface area contributed by atoms with Crippen LogP contribution < -0.4 is 0 Å². The van der Waals surface area contributed by atoms with Crippen molar-refractivity contribution in [2.45, 2.75) is 0 Å². The Kier molecular flexibility index (Phi) is 2.22. The van der Waals surface area contributed by atoms with Gasteiger partial charge in [0.1, 0.15) is 0 Å². The third kappa shape index (κ3) is 1.61.